The molecule has 144 valence electrons. The Bertz CT molecular complexity index is 871. The number of rotatable bonds is 7. The number of amides is 1. The van der Waals surface area contributed by atoms with E-state index in [-0.39, 0.29) is 5.91 Å². The predicted molar refractivity (Wildman–Crippen MR) is 113 cm³/mol. The molecule has 3 aromatic carbocycles. The summed E-state index contributed by atoms with van der Waals surface area (Å²) < 4.78 is 5.97. The highest BCUT2D eigenvalue weighted by Gasteiger charge is 2.23. The standard InChI is InChI=1S/C24H24ClNO2/c1-18-15-22(25)13-14-23(18)28-19(2)24(27)26(16-20-9-5-3-6-10-20)17-21-11-7-4-8-12-21/h3-15,19H,16-17H2,1-2H3. The molecule has 0 bridgehead atoms. The van der Waals surface area contributed by atoms with Crippen LogP contribution in [0.2, 0.25) is 5.02 Å². The van der Waals surface area contributed by atoms with Gasteiger partial charge in [0.05, 0.1) is 0 Å². The SMILES string of the molecule is Cc1cc(Cl)ccc1OC(C)C(=O)N(Cc1ccccc1)Cc1ccccc1. The number of carbonyl (C=O) groups is 1. The Balaban J connectivity index is 1.78. The number of nitrogens with zero attached hydrogens (tertiary/aromatic N) is 1. The molecular weight excluding hydrogens is 370 g/mol. The first-order valence-electron chi connectivity index (χ1n) is 9.32. The van der Waals surface area contributed by atoms with E-state index < -0.39 is 6.10 Å². The zero-order valence-corrected chi connectivity index (χ0v) is 16.9. The number of aryl methyl sites for hydroxylation is 1. The molecule has 0 N–H and O–H groups in total. The molecule has 3 rings (SSSR count). The van der Waals surface area contributed by atoms with Crippen molar-refractivity contribution in [3.8, 4) is 5.75 Å². The normalized spacial score (nSPS) is 11.7. The number of carbonyl (C=O) groups excluding carboxylic acids is 1. The van der Waals surface area contributed by atoms with Gasteiger partial charge in [0.25, 0.3) is 5.91 Å². The highest BCUT2D eigenvalue weighted by Crippen LogP contribution is 2.23. The number of halogens is 1. The van der Waals surface area contributed by atoms with Crippen molar-refractivity contribution in [2.75, 3.05) is 0 Å². The van der Waals surface area contributed by atoms with Crippen LogP contribution >= 0.6 is 11.6 Å². The van der Waals surface area contributed by atoms with Crippen molar-refractivity contribution in [1.29, 1.82) is 0 Å². The van der Waals surface area contributed by atoms with Gasteiger partial charge in [-0.15, -0.1) is 0 Å². The molecule has 0 saturated carbocycles. The third-order valence-corrected chi connectivity index (χ3v) is 4.77. The summed E-state index contributed by atoms with van der Waals surface area (Å²) in [6.45, 7) is 4.77. The molecule has 0 aliphatic heterocycles. The van der Waals surface area contributed by atoms with E-state index in [0.29, 0.717) is 23.9 Å². The van der Waals surface area contributed by atoms with Gasteiger partial charge in [-0.05, 0) is 48.7 Å². The molecule has 28 heavy (non-hydrogen) atoms. The summed E-state index contributed by atoms with van der Waals surface area (Å²) >= 11 is 6.02. The number of benzene rings is 3. The maximum atomic E-state index is 13.2. The molecule has 0 aliphatic rings. The van der Waals surface area contributed by atoms with E-state index in [1.54, 1.807) is 19.1 Å². The molecule has 1 amide bonds. The van der Waals surface area contributed by atoms with E-state index in [1.807, 2.05) is 78.6 Å². The number of ether oxygens (including phenoxy) is 1. The van der Waals surface area contributed by atoms with Gasteiger partial charge in [-0.3, -0.25) is 4.79 Å². The molecule has 0 spiro atoms. The fourth-order valence-corrected chi connectivity index (χ4v) is 3.29. The van der Waals surface area contributed by atoms with Gasteiger partial charge in [-0.2, -0.15) is 0 Å². The van der Waals surface area contributed by atoms with Crippen molar-refractivity contribution < 1.29 is 9.53 Å². The maximum absolute atomic E-state index is 13.2. The second kappa shape index (κ2) is 9.43. The zero-order chi connectivity index (χ0) is 19.9. The number of hydrogen-bond acceptors (Lipinski definition) is 2. The minimum Gasteiger partial charge on any atom is -0.481 e. The Morgan fingerprint density at radius 3 is 1.96 bits per heavy atom. The van der Waals surface area contributed by atoms with Crippen LogP contribution in [0.5, 0.6) is 5.75 Å². The molecule has 0 aliphatic carbocycles. The van der Waals surface area contributed by atoms with Gasteiger partial charge in [0.15, 0.2) is 6.10 Å². The molecule has 1 unspecified atom stereocenters. The lowest BCUT2D eigenvalue weighted by Crippen LogP contribution is -2.39. The van der Waals surface area contributed by atoms with Crippen molar-refractivity contribution in [2.45, 2.75) is 33.0 Å². The molecule has 0 aromatic heterocycles. The summed E-state index contributed by atoms with van der Waals surface area (Å²) in [5.74, 6) is 0.617. The van der Waals surface area contributed by atoms with Gasteiger partial charge in [0, 0.05) is 18.1 Å². The smallest absolute Gasteiger partial charge is 0.263 e. The van der Waals surface area contributed by atoms with Crippen LogP contribution in [0.4, 0.5) is 0 Å². The van der Waals surface area contributed by atoms with Crippen LogP contribution in [0.15, 0.2) is 78.9 Å². The van der Waals surface area contributed by atoms with E-state index in [4.69, 9.17) is 16.3 Å². The Morgan fingerprint density at radius 1 is 0.929 bits per heavy atom. The van der Waals surface area contributed by atoms with Gasteiger partial charge in [-0.1, -0.05) is 72.3 Å². The molecule has 3 aromatic rings. The summed E-state index contributed by atoms with van der Waals surface area (Å²) in [4.78, 5) is 15.0. The largest absolute Gasteiger partial charge is 0.481 e. The minimum atomic E-state index is -0.604. The minimum absolute atomic E-state index is 0.0537. The monoisotopic (exact) mass is 393 g/mol. The fourth-order valence-electron chi connectivity index (χ4n) is 3.06. The summed E-state index contributed by atoms with van der Waals surface area (Å²) in [6.07, 6.45) is -0.604. The molecular formula is C24H24ClNO2. The second-order valence-corrected chi connectivity index (χ2v) is 7.27. The molecule has 0 fully saturated rings. The molecule has 4 heteroatoms. The van der Waals surface area contributed by atoms with Gasteiger partial charge in [0.2, 0.25) is 0 Å². The first-order chi connectivity index (χ1) is 13.5. The van der Waals surface area contributed by atoms with Crippen molar-refractivity contribution in [3.05, 3.63) is 101 Å². The zero-order valence-electron chi connectivity index (χ0n) is 16.1. The van der Waals surface area contributed by atoms with E-state index in [1.165, 1.54) is 0 Å². The van der Waals surface area contributed by atoms with Crippen LogP contribution < -0.4 is 4.74 Å². The van der Waals surface area contributed by atoms with E-state index in [0.717, 1.165) is 16.7 Å². The van der Waals surface area contributed by atoms with Crippen molar-refractivity contribution in [3.63, 3.8) is 0 Å². The Labute approximate surface area is 171 Å². The Morgan fingerprint density at radius 2 is 1.46 bits per heavy atom. The topological polar surface area (TPSA) is 29.5 Å². The summed E-state index contributed by atoms with van der Waals surface area (Å²) in [7, 11) is 0. The lowest BCUT2D eigenvalue weighted by atomic mass is 10.1. The molecule has 0 radical (unpaired) electrons. The lowest BCUT2D eigenvalue weighted by molar-refractivity contribution is -0.139. The molecule has 0 heterocycles. The highest BCUT2D eigenvalue weighted by molar-refractivity contribution is 6.30. The summed E-state index contributed by atoms with van der Waals surface area (Å²) in [5.41, 5.74) is 3.08. The van der Waals surface area contributed by atoms with Crippen LogP contribution in [0.25, 0.3) is 0 Å². The van der Waals surface area contributed by atoms with Crippen LogP contribution in [0, 0.1) is 6.92 Å². The Kier molecular flexibility index (Phi) is 6.72. The Hall–Kier alpha value is -2.78. The number of hydrogen-bond donors (Lipinski definition) is 0. The molecule has 3 nitrogen and oxygen atoms in total. The van der Waals surface area contributed by atoms with E-state index >= 15 is 0 Å². The third-order valence-electron chi connectivity index (χ3n) is 4.53. The van der Waals surface area contributed by atoms with Crippen molar-refractivity contribution in [1.82, 2.24) is 4.90 Å². The average Bonchev–Trinajstić information content (AvgIpc) is 2.70. The van der Waals surface area contributed by atoms with Crippen molar-refractivity contribution >= 4 is 17.5 Å². The second-order valence-electron chi connectivity index (χ2n) is 6.84. The van der Waals surface area contributed by atoms with Crippen LogP contribution in [-0.2, 0) is 17.9 Å². The van der Waals surface area contributed by atoms with Gasteiger partial charge >= 0.3 is 0 Å². The van der Waals surface area contributed by atoms with Crippen molar-refractivity contribution in [2.24, 2.45) is 0 Å². The summed E-state index contributed by atoms with van der Waals surface area (Å²) in [6, 6.07) is 25.4. The highest BCUT2D eigenvalue weighted by atomic mass is 35.5. The van der Waals surface area contributed by atoms with Gasteiger partial charge in [0.1, 0.15) is 5.75 Å². The first-order valence-corrected chi connectivity index (χ1v) is 9.70. The fraction of sp³-hybridized carbons (Fsp3) is 0.208. The summed E-state index contributed by atoms with van der Waals surface area (Å²) in [5, 5.41) is 0.651. The van der Waals surface area contributed by atoms with Gasteiger partial charge < -0.3 is 9.64 Å². The average molecular weight is 394 g/mol. The lowest BCUT2D eigenvalue weighted by Gasteiger charge is -2.27. The predicted octanol–water partition coefficient (Wildman–Crippen LogP) is 5.64. The van der Waals surface area contributed by atoms with Crippen LogP contribution in [0.3, 0.4) is 0 Å². The van der Waals surface area contributed by atoms with Crippen LogP contribution in [0.1, 0.15) is 23.6 Å². The van der Waals surface area contributed by atoms with Gasteiger partial charge in [-0.25, -0.2) is 0 Å². The third kappa shape index (κ3) is 5.37. The van der Waals surface area contributed by atoms with Crippen LogP contribution in [-0.4, -0.2) is 16.9 Å². The molecule has 0 saturated heterocycles. The van der Waals surface area contributed by atoms with E-state index in [9.17, 15) is 4.79 Å². The quantitative estimate of drug-likeness (QED) is 0.519. The van der Waals surface area contributed by atoms with E-state index in [2.05, 4.69) is 0 Å². The first kappa shape index (κ1) is 20.0. The molecule has 1 atom stereocenters. The maximum Gasteiger partial charge on any atom is 0.263 e.